The van der Waals surface area contributed by atoms with Crippen molar-refractivity contribution < 1.29 is 14.3 Å². The van der Waals surface area contributed by atoms with Crippen molar-refractivity contribution in [3.05, 3.63) is 11.4 Å². The molecule has 1 aromatic rings. The fraction of sp³-hybridized carbons (Fsp3) is 0.667. The fourth-order valence-corrected chi connectivity index (χ4v) is 1.91. The molecule has 1 unspecified atom stereocenters. The molecular formula is C12H18N4O3. The highest BCUT2D eigenvalue weighted by atomic mass is 16.5. The molecule has 1 fully saturated rings. The van der Waals surface area contributed by atoms with Gasteiger partial charge in [0.25, 0.3) is 0 Å². The minimum atomic E-state index is -0.456. The smallest absolute Gasteiger partial charge is 0.360 e. The standard InChI is InChI=1S/C12H18N4O3/c1-3-19-12(18)9-10(8-4-5-8)16(15-14-9)6-7(2)11(13)17/h7-8H,3-6H2,1-2H3,(H2,13,17). The monoisotopic (exact) mass is 266 g/mol. The van der Waals surface area contributed by atoms with Crippen molar-refractivity contribution in [1.82, 2.24) is 15.0 Å². The first-order valence-electron chi connectivity index (χ1n) is 6.44. The topological polar surface area (TPSA) is 100 Å². The maximum absolute atomic E-state index is 11.8. The Morgan fingerprint density at radius 3 is 2.74 bits per heavy atom. The lowest BCUT2D eigenvalue weighted by Gasteiger charge is -2.10. The van der Waals surface area contributed by atoms with Crippen LogP contribution in [0.25, 0.3) is 0 Å². The Kier molecular flexibility index (Phi) is 3.82. The van der Waals surface area contributed by atoms with Crippen LogP contribution in [-0.2, 0) is 16.1 Å². The molecule has 2 rings (SSSR count). The molecule has 1 amide bonds. The molecule has 1 atom stereocenters. The maximum atomic E-state index is 11.8. The number of rotatable bonds is 6. The Morgan fingerprint density at radius 2 is 2.21 bits per heavy atom. The van der Waals surface area contributed by atoms with Gasteiger partial charge in [0.1, 0.15) is 0 Å². The van der Waals surface area contributed by atoms with Gasteiger partial charge in [0.05, 0.1) is 24.8 Å². The van der Waals surface area contributed by atoms with Crippen LogP contribution in [0.5, 0.6) is 0 Å². The average molecular weight is 266 g/mol. The van der Waals surface area contributed by atoms with Gasteiger partial charge in [-0.1, -0.05) is 12.1 Å². The molecule has 7 nitrogen and oxygen atoms in total. The highest BCUT2D eigenvalue weighted by Crippen LogP contribution is 2.41. The maximum Gasteiger partial charge on any atom is 0.360 e. The number of carbonyl (C=O) groups excluding carboxylic acids is 2. The van der Waals surface area contributed by atoms with E-state index < -0.39 is 11.9 Å². The number of nitrogens with two attached hydrogens (primary N) is 1. The summed E-state index contributed by atoms with van der Waals surface area (Å²) < 4.78 is 6.58. The molecular weight excluding hydrogens is 248 g/mol. The number of hydrogen-bond donors (Lipinski definition) is 1. The van der Waals surface area contributed by atoms with Gasteiger partial charge in [0.2, 0.25) is 5.91 Å². The molecule has 1 heterocycles. The Morgan fingerprint density at radius 1 is 1.53 bits per heavy atom. The van der Waals surface area contributed by atoms with Gasteiger partial charge in [-0.3, -0.25) is 4.79 Å². The van der Waals surface area contributed by atoms with E-state index in [2.05, 4.69) is 10.3 Å². The van der Waals surface area contributed by atoms with E-state index in [1.807, 2.05) is 0 Å². The summed E-state index contributed by atoms with van der Waals surface area (Å²) in [5.74, 6) is -0.916. The molecule has 0 bridgehead atoms. The molecule has 1 aliphatic carbocycles. The Balaban J connectivity index is 2.24. The zero-order valence-corrected chi connectivity index (χ0v) is 11.1. The first kappa shape index (κ1) is 13.5. The number of ether oxygens (including phenoxy) is 1. The number of primary amides is 1. The lowest BCUT2D eigenvalue weighted by molar-refractivity contribution is -0.121. The molecule has 19 heavy (non-hydrogen) atoms. The van der Waals surface area contributed by atoms with Gasteiger partial charge in [-0.15, -0.1) is 5.10 Å². The van der Waals surface area contributed by atoms with Crippen LogP contribution in [-0.4, -0.2) is 33.5 Å². The normalized spacial score (nSPS) is 16.1. The third kappa shape index (κ3) is 2.91. The molecule has 0 aliphatic heterocycles. The highest BCUT2D eigenvalue weighted by molar-refractivity contribution is 5.88. The first-order chi connectivity index (χ1) is 9.04. The summed E-state index contributed by atoms with van der Waals surface area (Å²) in [4.78, 5) is 22.9. The molecule has 2 N–H and O–H groups in total. The molecule has 104 valence electrons. The zero-order valence-electron chi connectivity index (χ0n) is 11.1. The predicted octanol–water partition coefficient (Wildman–Crippen LogP) is 0.454. The van der Waals surface area contributed by atoms with Crippen molar-refractivity contribution in [3.63, 3.8) is 0 Å². The van der Waals surface area contributed by atoms with Crippen LogP contribution in [0.2, 0.25) is 0 Å². The van der Waals surface area contributed by atoms with E-state index in [0.717, 1.165) is 18.5 Å². The summed E-state index contributed by atoms with van der Waals surface area (Å²) in [5.41, 5.74) is 6.28. The predicted molar refractivity (Wildman–Crippen MR) is 66.3 cm³/mol. The van der Waals surface area contributed by atoms with Crippen LogP contribution in [0.3, 0.4) is 0 Å². The summed E-state index contributed by atoms with van der Waals surface area (Å²) >= 11 is 0. The molecule has 0 aromatic carbocycles. The van der Waals surface area contributed by atoms with Crippen molar-refractivity contribution in [2.24, 2.45) is 11.7 Å². The van der Waals surface area contributed by atoms with Crippen LogP contribution < -0.4 is 5.73 Å². The van der Waals surface area contributed by atoms with E-state index in [1.165, 1.54) is 0 Å². The molecule has 0 spiro atoms. The summed E-state index contributed by atoms with van der Waals surface area (Å²) in [7, 11) is 0. The minimum absolute atomic E-state index is 0.265. The van der Waals surface area contributed by atoms with E-state index in [4.69, 9.17) is 10.5 Å². The molecule has 1 aliphatic rings. The van der Waals surface area contributed by atoms with E-state index in [9.17, 15) is 9.59 Å². The third-order valence-electron chi connectivity index (χ3n) is 3.14. The Bertz CT molecular complexity index is 493. The van der Waals surface area contributed by atoms with Gasteiger partial charge < -0.3 is 10.5 Å². The summed E-state index contributed by atoms with van der Waals surface area (Å²) in [6, 6.07) is 0. The van der Waals surface area contributed by atoms with Gasteiger partial charge in [0, 0.05) is 5.92 Å². The Hall–Kier alpha value is -1.92. The second-order valence-corrected chi connectivity index (χ2v) is 4.80. The number of nitrogens with zero attached hydrogens (tertiary/aromatic N) is 3. The number of aromatic nitrogens is 3. The van der Waals surface area contributed by atoms with Crippen LogP contribution in [0, 0.1) is 5.92 Å². The van der Waals surface area contributed by atoms with E-state index in [1.54, 1.807) is 18.5 Å². The highest BCUT2D eigenvalue weighted by Gasteiger charge is 2.34. The van der Waals surface area contributed by atoms with Crippen molar-refractivity contribution in [2.75, 3.05) is 6.61 Å². The quantitative estimate of drug-likeness (QED) is 0.754. The summed E-state index contributed by atoms with van der Waals surface area (Å²) in [6.07, 6.45) is 2.01. The largest absolute Gasteiger partial charge is 0.461 e. The van der Waals surface area contributed by atoms with Crippen LogP contribution >= 0.6 is 0 Å². The van der Waals surface area contributed by atoms with Crippen molar-refractivity contribution in [3.8, 4) is 0 Å². The van der Waals surface area contributed by atoms with Gasteiger partial charge in [-0.25, -0.2) is 9.48 Å². The number of hydrogen-bond acceptors (Lipinski definition) is 5. The SMILES string of the molecule is CCOC(=O)c1nnn(CC(C)C(N)=O)c1C1CC1. The van der Waals surface area contributed by atoms with Gasteiger partial charge >= 0.3 is 5.97 Å². The second kappa shape index (κ2) is 5.38. The Labute approximate surface area is 111 Å². The molecule has 0 radical (unpaired) electrons. The molecule has 7 heteroatoms. The van der Waals surface area contributed by atoms with Crippen molar-refractivity contribution in [1.29, 1.82) is 0 Å². The number of amides is 1. The van der Waals surface area contributed by atoms with Crippen LogP contribution in [0.15, 0.2) is 0 Å². The summed E-state index contributed by atoms with van der Waals surface area (Å²) in [5, 5.41) is 7.86. The first-order valence-corrected chi connectivity index (χ1v) is 6.44. The third-order valence-corrected chi connectivity index (χ3v) is 3.14. The number of esters is 1. The lowest BCUT2D eigenvalue weighted by atomic mass is 10.1. The van der Waals surface area contributed by atoms with Gasteiger partial charge in [-0.2, -0.15) is 0 Å². The average Bonchev–Trinajstić information content (AvgIpc) is 3.11. The zero-order chi connectivity index (χ0) is 14.0. The van der Waals surface area contributed by atoms with E-state index in [-0.39, 0.29) is 17.5 Å². The lowest BCUT2D eigenvalue weighted by Crippen LogP contribution is -2.26. The fourth-order valence-electron chi connectivity index (χ4n) is 1.91. The second-order valence-electron chi connectivity index (χ2n) is 4.80. The number of carbonyl (C=O) groups is 2. The van der Waals surface area contributed by atoms with Crippen molar-refractivity contribution >= 4 is 11.9 Å². The molecule has 1 aromatic heterocycles. The van der Waals surface area contributed by atoms with Crippen LogP contribution in [0.4, 0.5) is 0 Å². The molecule has 1 saturated carbocycles. The van der Waals surface area contributed by atoms with E-state index in [0.29, 0.717) is 13.2 Å². The van der Waals surface area contributed by atoms with Crippen molar-refractivity contribution in [2.45, 2.75) is 39.2 Å². The summed E-state index contributed by atoms with van der Waals surface area (Å²) in [6.45, 7) is 4.11. The van der Waals surface area contributed by atoms with Crippen LogP contribution in [0.1, 0.15) is 48.8 Å². The molecule has 0 saturated heterocycles. The van der Waals surface area contributed by atoms with Gasteiger partial charge in [0.15, 0.2) is 5.69 Å². The van der Waals surface area contributed by atoms with E-state index >= 15 is 0 Å². The minimum Gasteiger partial charge on any atom is -0.461 e. The van der Waals surface area contributed by atoms with Gasteiger partial charge in [-0.05, 0) is 19.8 Å².